The second-order valence-electron chi connectivity index (χ2n) is 24.8. The van der Waals surface area contributed by atoms with Gasteiger partial charge in [-0.3, -0.25) is 0 Å². The van der Waals surface area contributed by atoms with E-state index in [1.807, 2.05) is 10.4 Å². The SMILES string of the molecule is CCCCCC[Si]1(CCCCCC)C2=Cc3c(-c4cc([Si](C)(C)C)cc([Si](C)(C)C)c4)cccc3[CH]2[Hf]([CH3])([CH3])[CH]2C1=Cc1c(-c3cc([Si](C)(C)C)cc([Si](C)(C)C)c3)cccc12. The molecular formula is C56H84HfSi5. The molecule has 0 nitrogen and oxygen atoms in total. The predicted molar refractivity (Wildman–Crippen MR) is 292 cm³/mol. The van der Waals surface area contributed by atoms with E-state index in [0.717, 1.165) is 0 Å². The minimum absolute atomic E-state index is 0.670. The van der Waals surface area contributed by atoms with Crippen LogP contribution in [0.3, 0.4) is 0 Å². The van der Waals surface area contributed by atoms with Gasteiger partial charge in [-0.2, -0.15) is 0 Å². The van der Waals surface area contributed by atoms with Crippen LogP contribution in [0.5, 0.6) is 0 Å². The molecule has 1 saturated heterocycles. The Morgan fingerprint density at radius 3 is 1.10 bits per heavy atom. The van der Waals surface area contributed by atoms with E-state index < -0.39 is 60.3 Å². The molecular weight excluding hydrogens is 992 g/mol. The van der Waals surface area contributed by atoms with Crippen LogP contribution in [0.15, 0.2) is 83.2 Å². The number of hydrogen-bond acceptors (Lipinski definition) is 0. The molecule has 4 aromatic carbocycles. The van der Waals surface area contributed by atoms with E-state index in [1.165, 1.54) is 85.7 Å². The Kier molecular flexibility index (Phi) is 13.9. The van der Waals surface area contributed by atoms with E-state index in [1.54, 1.807) is 43.0 Å². The van der Waals surface area contributed by atoms with Gasteiger partial charge in [0.1, 0.15) is 0 Å². The molecule has 0 amide bonds. The zero-order valence-corrected chi connectivity index (χ0v) is 50.9. The Bertz CT molecular complexity index is 2140. The zero-order chi connectivity index (χ0) is 45.2. The van der Waals surface area contributed by atoms with Gasteiger partial charge in [0.05, 0.1) is 0 Å². The third kappa shape index (κ3) is 9.20. The Balaban J connectivity index is 1.50. The molecule has 1 heterocycles. The van der Waals surface area contributed by atoms with Crippen LogP contribution in [-0.2, 0) is 20.0 Å². The molecule has 0 radical (unpaired) electrons. The summed E-state index contributed by atoms with van der Waals surface area (Å²) in [7, 11) is -8.28. The van der Waals surface area contributed by atoms with Crippen LogP contribution in [-0.4, -0.2) is 40.4 Å². The van der Waals surface area contributed by atoms with Crippen molar-refractivity contribution in [2.45, 2.75) is 173 Å². The molecule has 62 heavy (non-hydrogen) atoms. The van der Waals surface area contributed by atoms with Gasteiger partial charge >= 0.3 is 394 Å². The Labute approximate surface area is 390 Å². The van der Waals surface area contributed by atoms with E-state index in [2.05, 4.69) is 187 Å². The standard InChI is InChI=1S/C54H78Si5.2CH3.Hf/c1-15-17-19-21-29-59(30-22-20-18-16-2,49-31-41-25-23-27-51(53(41)39-49)43-33-45(55(3,4)5)37-46(34-43)56(6,7)8)50-32-42-26-24-28-52(54(42)40-50)44-35-47(57(9,10)11)38-48(36-44)58(12,13)14;;;/h23-28,31-40H,15-22,29-30H2,1-14H3;2*1H3;. The van der Waals surface area contributed by atoms with Crippen LogP contribution in [0.25, 0.3) is 34.4 Å². The number of allylic oxidation sites excluding steroid dienone is 2. The Hall–Kier alpha value is -1.69. The van der Waals surface area contributed by atoms with Gasteiger partial charge in [0, 0.05) is 0 Å². The maximum absolute atomic E-state index is 3.28. The fourth-order valence-electron chi connectivity index (χ4n) is 11.8. The molecule has 2 aliphatic carbocycles. The van der Waals surface area contributed by atoms with E-state index in [-0.39, 0.29) is 0 Å². The van der Waals surface area contributed by atoms with Gasteiger partial charge in [-0.25, -0.2) is 0 Å². The summed E-state index contributed by atoms with van der Waals surface area (Å²) >= 11 is -3.28. The van der Waals surface area contributed by atoms with Gasteiger partial charge in [0.15, 0.2) is 0 Å². The molecule has 0 spiro atoms. The fourth-order valence-corrected chi connectivity index (χ4v) is 49.7. The van der Waals surface area contributed by atoms with Crippen LogP contribution >= 0.6 is 0 Å². The van der Waals surface area contributed by atoms with Crippen molar-refractivity contribution in [2.24, 2.45) is 0 Å². The normalized spacial score (nSPS) is 19.1. The van der Waals surface area contributed by atoms with Crippen molar-refractivity contribution in [1.29, 1.82) is 0 Å². The number of benzene rings is 4. The minimum atomic E-state index is -3.28. The number of rotatable bonds is 16. The summed E-state index contributed by atoms with van der Waals surface area (Å²) < 4.78 is 7.15. The van der Waals surface area contributed by atoms with Crippen molar-refractivity contribution in [2.75, 3.05) is 0 Å². The van der Waals surface area contributed by atoms with Crippen molar-refractivity contribution in [3.8, 4) is 22.3 Å². The van der Waals surface area contributed by atoms with Gasteiger partial charge < -0.3 is 0 Å². The summed E-state index contributed by atoms with van der Waals surface area (Å²) in [5, 5.41) is 10.5. The van der Waals surface area contributed by atoms with Crippen LogP contribution < -0.4 is 20.7 Å². The van der Waals surface area contributed by atoms with Gasteiger partial charge in [-0.05, 0) is 0 Å². The molecule has 4 aromatic rings. The molecule has 0 saturated carbocycles. The molecule has 0 aromatic heterocycles. The van der Waals surface area contributed by atoms with Crippen molar-refractivity contribution < 1.29 is 20.0 Å². The van der Waals surface area contributed by atoms with Gasteiger partial charge in [-0.15, -0.1) is 0 Å². The topological polar surface area (TPSA) is 0 Å². The molecule has 6 heteroatoms. The van der Waals surface area contributed by atoms with E-state index in [9.17, 15) is 0 Å². The summed E-state index contributed by atoms with van der Waals surface area (Å²) in [5.74, 6) is 0. The number of hydrogen-bond donors (Lipinski definition) is 0. The second kappa shape index (κ2) is 17.8. The Morgan fingerprint density at radius 1 is 0.452 bits per heavy atom. The molecule has 332 valence electrons. The first kappa shape index (κ1) is 48.3. The van der Waals surface area contributed by atoms with Crippen molar-refractivity contribution in [3.05, 3.63) is 105 Å². The summed E-state index contributed by atoms with van der Waals surface area (Å²) in [5.41, 5.74) is 12.7. The monoisotopic (exact) mass is 1080 g/mol. The molecule has 3 aliphatic rings. The molecule has 2 atom stereocenters. The van der Waals surface area contributed by atoms with Gasteiger partial charge in [0.2, 0.25) is 0 Å². The first-order valence-electron chi connectivity index (χ1n) is 25.0. The molecule has 0 bridgehead atoms. The number of unbranched alkanes of at least 4 members (excludes halogenated alkanes) is 6. The van der Waals surface area contributed by atoms with Crippen LogP contribution in [0, 0.1) is 0 Å². The summed E-state index contributed by atoms with van der Waals surface area (Å²) in [6.45, 7) is 35.3. The Morgan fingerprint density at radius 2 is 0.790 bits per heavy atom. The maximum atomic E-state index is 2.93. The fraction of sp³-hybridized carbons (Fsp3) is 0.500. The molecule has 1 fully saturated rings. The summed E-state index contributed by atoms with van der Waals surface area (Å²) in [6, 6.07) is 33.9. The summed E-state index contributed by atoms with van der Waals surface area (Å²) in [6.07, 6.45) is 16.7. The summed E-state index contributed by atoms with van der Waals surface area (Å²) in [4.78, 5) is 0. The van der Waals surface area contributed by atoms with Gasteiger partial charge in [0.25, 0.3) is 0 Å². The quantitative estimate of drug-likeness (QED) is 0.0775. The third-order valence-corrected chi connectivity index (χ3v) is 46.4. The third-order valence-electron chi connectivity index (χ3n) is 15.6. The van der Waals surface area contributed by atoms with Crippen LogP contribution in [0.4, 0.5) is 0 Å². The average Bonchev–Trinajstić information content (AvgIpc) is 3.80. The van der Waals surface area contributed by atoms with Gasteiger partial charge in [-0.1, -0.05) is 0 Å². The van der Waals surface area contributed by atoms with E-state index in [4.69, 9.17) is 0 Å². The first-order chi connectivity index (χ1) is 28.9. The number of fused-ring (bicyclic) bond motifs is 6. The molecule has 1 aliphatic heterocycles. The second-order valence-corrected chi connectivity index (χ2v) is 66.7. The van der Waals surface area contributed by atoms with E-state index >= 15 is 0 Å². The van der Waals surface area contributed by atoms with Crippen LogP contribution in [0.1, 0.15) is 94.8 Å². The average molecular weight is 1080 g/mol. The molecule has 0 N–H and O–H groups in total. The van der Waals surface area contributed by atoms with Crippen LogP contribution in [0.2, 0.25) is 100 Å². The first-order valence-corrected chi connectivity index (χ1v) is 52.7. The predicted octanol–water partition coefficient (Wildman–Crippen LogP) is 15.7. The zero-order valence-electron chi connectivity index (χ0n) is 42.3. The van der Waals surface area contributed by atoms with E-state index in [0.29, 0.717) is 7.35 Å². The van der Waals surface area contributed by atoms with Crippen molar-refractivity contribution in [1.82, 2.24) is 0 Å². The van der Waals surface area contributed by atoms with Crippen molar-refractivity contribution in [3.63, 3.8) is 0 Å². The van der Waals surface area contributed by atoms with Crippen molar-refractivity contribution >= 4 is 73.3 Å². The molecule has 7 rings (SSSR count). The molecule has 2 unspecified atom stereocenters.